The lowest BCUT2D eigenvalue weighted by atomic mass is 10.2. The van der Waals surface area contributed by atoms with Crippen LogP contribution in [0.15, 0.2) is 30.3 Å². The number of aryl methyl sites for hydroxylation is 1. The minimum absolute atomic E-state index is 0.336. The number of hydrogen-bond donors (Lipinski definition) is 1. The van der Waals surface area contributed by atoms with Crippen LogP contribution in [-0.2, 0) is 16.1 Å². The molecule has 1 aromatic heterocycles. The van der Waals surface area contributed by atoms with Crippen molar-refractivity contribution in [2.24, 2.45) is 0 Å². The third-order valence-corrected chi connectivity index (χ3v) is 3.01. The van der Waals surface area contributed by atoms with Gasteiger partial charge in [0.15, 0.2) is 6.10 Å². The zero-order chi connectivity index (χ0) is 13.1. The Bertz CT molecular complexity index is 559. The number of fused-ring (bicyclic) bond motifs is 1. The molecule has 1 aromatic carbocycles. The number of rotatable bonds is 5. The lowest BCUT2D eigenvalue weighted by Gasteiger charge is -2.15. The van der Waals surface area contributed by atoms with Crippen LogP contribution in [0.1, 0.15) is 12.6 Å². The number of carbonyl (C=O) groups is 1. The van der Waals surface area contributed by atoms with E-state index >= 15 is 0 Å². The van der Waals surface area contributed by atoms with Gasteiger partial charge in [-0.2, -0.15) is 0 Å². The predicted molar refractivity (Wildman–Crippen MR) is 69.7 cm³/mol. The topological polar surface area (TPSA) is 51.5 Å². The summed E-state index contributed by atoms with van der Waals surface area (Å²) in [5.41, 5.74) is 2.09. The molecule has 0 saturated carbocycles. The molecule has 0 saturated heterocycles. The van der Waals surface area contributed by atoms with E-state index in [0.717, 1.165) is 16.6 Å². The van der Waals surface area contributed by atoms with Crippen LogP contribution in [0.4, 0.5) is 0 Å². The minimum Gasteiger partial charge on any atom is -0.479 e. The molecule has 4 heteroatoms. The number of hydrogen-bond acceptors (Lipinski definition) is 2. The van der Waals surface area contributed by atoms with Crippen molar-refractivity contribution in [3.8, 4) is 0 Å². The van der Waals surface area contributed by atoms with Crippen LogP contribution in [0.2, 0.25) is 0 Å². The van der Waals surface area contributed by atoms with E-state index in [-0.39, 0.29) is 0 Å². The Morgan fingerprint density at radius 3 is 2.83 bits per heavy atom. The highest BCUT2D eigenvalue weighted by Crippen LogP contribution is 2.20. The van der Waals surface area contributed by atoms with Gasteiger partial charge in [0.2, 0.25) is 0 Å². The fourth-order valence-corrected chi connectivity index (χ4v) is 2.16. The number of benzene rings is 1. The summed E-state index contributed by atoms with van der Waals surface area (Å²) in [7, 11) is 0. The van der Waals surface area contributed by atoms with Crippen molar-refractivity contribution in [2.45, 2.75) is 26.5 Å². The van der Waals surface area contributed by atoms with Gasteiger partial charge in [-0.25, -0.2) is 4.79 Å². The highest BCUT2D eigenvalue weighted by Gasteiger charge is 2.19. The molecule has 0 aliphatic heterocycles. The Morgan fingerprint density at radius 1 is 1.44 bits per heavy atom. The van der Waals surface area contributed by atoms with E-state index in [1.54, 1.807) is 6.92 Å². The zero-order valence-corrected chi connectivity index (χ0v) is 10.6. The summed E-state index contributed by atoms with van der Waals surface area (Å²) >= 11 is 0. The van der Waals surface area contributed by atoms with Gasteiger partial charge in [0.1, 0.15) is 0 Å². The number of aromatic nitrogens is 1. The number of para-hydroxylation sites is 1. The lowest BCUT2D eigenvalue weighted by Crippen LogP contribution is -2.29. The maximum Gasteiger partial charge on any atom is 0.334 e. The van der Waals surface area contributed by atoms with E-state index in [1.807, 2.05) is 35.8 Å². The number of carboxylic acids is 1. The molecule has 4 nitrogen and oxygen atoms in total. The number of nitrogens with zero attached hydrogens (tertiary/aromatic N) is 1. The maximum absolute atomic E-state index is 11.1. The third kappa shape index (κ3) is 2.38. The Kier molecular flexibility index (Phi) is 3.67. The minimum atomic E-state index is -0.922. The Balaban J connectivity index is 2.35. The van der Waals surface area contributed by atoms with Crippen molar-refractivity contribution in [1.82, 2.24) is 4.57 Å². The van der Waals surface area contributed by atoms with Crippen molar-refractivity contribution < 1.29 is 14.6 Å². The Hall–Kier alpha value is -1.81. The standard InChI is InChI=1S/C14H17NO3/c1-3-18-13(14(16)17)9-15-10(2)8-11-6-4-5-7-12(11)15/h4-8,13H,3,9H2,1-2H3,(H,16,17). The highest BCUT2D eigenvalue weighted by atomic mass is 16.5. The molecule has 0 aliphatic carbocycles. The van der Waals surface area contributed by atoms with E-state index in [4.69, 9.17) is 9.84 Å². The second-order valence-corrected chi connectivity index (χ2v) is 4.24. The summed E-state index contributed by atoms with van der Waals surface area (Å²) in [4.78, 5) is 11.1. The van der Waals surface area contributed by atoms with E-state index in [9.17, 15) is 4.79 Å². The molecule has 0 fully saturated rings. The molecule has 0 aliphatic rings. The fraction of sp³-hybridized carbons (Fsp3) is 0.357. The molecule has 1 N–H and O–H groups in total. The first-order valence-electron chi connectivity index (χ1n) is 6.02. The van der Waals surface area contributed by atoms with Gasteiger partial charge in [-0.1, -0.05) is 18.2 Å². The monoisotopic (exact) mass is 247 g/mol. The van der Waals surface area contributed by atoms with Crippen molar-refractivity contribution in [2.75, 3.05) is 6.61 Å². The van der Waals surface area contributed by atoms with Crippen molar-refractivity contribution in [1.29, 1.82) is 0 Å². The summed E-state index contributed by atoms with van der Waals surface area (Å²) in [6, 6.07) is 10.0. The van der Waals surface area contributed by atoms with Crippen LogP contribution < -0.4 is 0 Å². The third-order valence-electron chi connectivity index (χ3n) is 3.01. The molecule has 0 bridgehead atoms. The fourth-order valence-electron chi connectivity index (χ4n) is 2.16. The summed E-state index contributed by atoms with van der Waals surface area (Å²) in [5, 5.41) is 10.2. The normalized spacial score (nSPS) is 12.8. The van der Waals surface area contributed by atoms with Crippen LogP contribution in [0, 0.1) is 6.92 Å². The second kappa shape index (κ2) is 5.23. The van der Waals surface area contributed by atoms with E-state index in [2.05, 4.69) is 6.07 Å². The molecule has 18 heavy (non-hydrogen) atoms. The van der Waals surface area contributed by atoms with Gasteiger partial charge >= 0.3 is 5.97 Å². The van der Waals surface area contributed by atoms with Gasteiger partial charge in [0.05, 0.1) is 6.54 Å². The number of aliphatic carboxylic acids is 1. The van der Waals surface area contributed by atoms with Gasteiger partial charge in [-0.15, -0.1) is 0 Å². The van der Waals surface area contributed by atoms with E-state index in [1.165, 1.54) is 0 Å². The second-order valence-electron chi connectivity index (χ2n) is 4.24. The molecule has 0 amide bonds. The van der Waals surface area contributed by atoms with E-state index < -0.39 is 12.1 Å². The quantitative estimate of drug-likeness (QED) is 0.882. The van der Waals surface area contributed by atoms with Gasteiger partial charge in [0.25, 0.3) is 0 Å². The van der Waals surface area contributed by atoms with Gasteiger partial charge in [-0.3, -0.25) is 0 Å². The molecule has 2 rings (SSSR count). The maximum atomic E-state index is 11.1. The molecular weight excluding hydrogens is 230 g/mol. The largest absolute Gasteiger partial charge is 0.479 e. The van der Waals surface area contributed by atoms with Gasteiger partial charge in [-0.05, 0) is 31.4 Å². The smallest absolute Gasteiger partial charge is 0.334 e. The molecule has 1 unspecified atom stereocenters. The molecule has 2 aromatic rings. The predicted octanol–water partition coefficient (Wildman–Crippen LogP) is 2.44. The Morgan fingerprint density at radius 2 is 2.17 bits per heavy atom. The lowest BCUT2D eigenvalue weighted by molar-refractivity contribution is -0.150. The number of carboxylic acid groups (broad SMARTS) is 1. The molecule has 96 valence electrons. The summed E-state index contributed by atoms with van der Waals surface area (Å²) in [5.74, 6) is -0.922. The first-order chi connectivity index (χ1) is 8.63. The SMILES string of the molecule is CCOC(Cn1c(C)cc2ccccc21)C(=O)O. The van der Waals surface area contributed by atoms with Crippen LogP contribution in [-0.4, -0.2) is 28.4 Å². The van der Waals surface area contributed by atoms with Crippen molar-refractivity contribution >= 4 is 16.9 Å². The zero-order valence-electron chi connectivity index (χ0n) is 10.6. The first-order valence-corrected chi connectivity index (χ1v) is 6.02. The van der Waals surface area contributed by atoms with Crippen molar-refractivity contribution in [3.63, 3.8) is 0 Å². The first kappa shape index (κ1) is 12.6. The van der Waals surface area contributed by atoms with Gasteiger partial charge in [0, 0.05) is 17.8 Å². The number of ether oxygens (including phenoxy) is 1. The van der Waals surface area contributed by atoms with Crippen LogP contribution in [0.25, 0.3) is 10.9 Å². The Labute approximate surface area is 106 Å². The highest BCUT2D eigenvalue weighted by molar-refractivity contribution is 5.81. The van der Waals surface area contributed by atoms with Crippen LogP contribution in [0.5, 0.6) is 0 Å². The average Bonchev–Trinajstić information content (AvgIpc) is 2.65. The van der Waals surface area contributed by atoms with Crippen LogP contribution in [0.3, 0.4) is 0 Å². The summed E-state index contributed by atoms with van der Waals surface area (Å²) < 4.78 is 7.25. The molecule has 1 atom stereocenters. The molecule has 0 spiro atoms. The molecular formula is C14H17NO3. The molecule has 0 radical (unpaired) electrons. The van der Waals surface area contributed by atoms with E-state index in [0.29, 0.717) is 13.2 Å². The van der Waals surface area contributed by atoms with Crippen molar-refractivity contribution in [3.05, 3.63) is 36.0 Å². The molecule has 1 heterocycles. The average molecular weight is 247 g/mol. The summed E-state index contributed by atoms with van der Waals surface area (Å²) in [6.07, 6.45) is -0.801. The van der Waals surface area contributed by atoms with Crippen LogP contribution >= 0.6 is 0 Å². The van der Waals surface area contributed by atoms with Gasteiger partial charge < -0.3 is 14.4 Å². The summed E-state index contributed by atoms with van der Waals surface area (Å²) in [6.45, 7) is 4.51.